The molecule has 0 bridgehead atoms. The maximum absolute atomic E-state index is 3.75. The van der Waals surface area contributed by atoms with Crippen LogP contribution in [-0.4, -0.2) is 10.1 Å². The Morgan fingerprint density at radius 2 is 1.71 bits per heavy atom. The quantitative estimate of drug-likeness (QED) is 0.821. The van der Waals surface area contributed by atoms with E-state index < -0.39 is 0 Å². The van der Waals surface area contributed by atoms with E-state index in [1.807, 2.05) is 0 Å². The van der Waals surface area contributed by atoms with Crippen LogP contribution in [-0.2, 0) is 13.1 Å². The normalized spacial score (nSPS) is 13.0. The van der Waals surface area contributed by atoms with Crippen molar-refractivity contribution in [3.05, 3.63) is 36.0 Å². The van der Waals surface area contributed by atoms with Gasteiger partial charge in [-0.15, -0.1) is 0 Å². The Morgan fingerprint density at radius 1 is 1.05 bits per heavy atom. The molecule has 1 aromatic carbocycles. The molecule has 0 saturated carbocycles. The molecule has 2 rings (SSSR count). The molecule has 1 aromatic heterocycles. The van der Waals surface area contributed by atoms with Crippen LogP contribution in [0.1, 0.15) is 53.5 Å². The van der Waals surface area contributed by atoms with Gasteiger partial charge >= 0.3 is 0 Å². The number of para-hydroxylation sites is 1. The van der Waals surface area contributed by atoms with Crippen molar-refractivity contribution in [2.24, 2.45) is 5.41 Å². The summed E-state index contributed by atoms with van der Waals surface area (Å²) in [6, 6.07) is 8.69. The predicted octanol–water partition coefficient (Wildman–Crippen LogP) is 4.97. The van der Waals surface area contributed by atoms with E-state index in [0.29, 0.717) is 5.41 Å². The van der Waals surface area contributed by atoms with E-state index in [-0.39, 0.29) is 5.54 Å². The van der Waals surface area contributed by atoms with E-state index in [0.717, 1.165) is 19.5 Å². The van der Waals surface area contributed by atoms with Crippen molar-refractivity contribution in [2.75, 3.05) is 0 Å². The van der Waals surface area contributed by atoms with Crippen LogP contribution in [0.3, 0.4) is 0 Å². The summed E-state index contributed by atoms with van der Waals surface area (Å²) in [5, 5.41) is 5.12. The number of fused-ring (bicyclic) bond motifs is 1. The molecule has 0 unspecified atom stereocenters. The highest BCUT2D eigenvalue weighted by Gasteiger charge is 2.25. The van der Waals surface area contributed by atoms with Crippen molar-refractivity contribution in [1.29, 1.82) is 0 Å². The fourth-order valence-electron chi connectivity index (χ4n) is 3.45. The summed E-state index contributed by atoms with van der Waals surface area (Å²) in [7, 11) is 0. The monoisotopic (exact) mass is 286 g/mol. The van der Waals surface area contributed by atoms with E-state index in [4.69, 9.17) is 0 Å². The number of benzene rings is 1. The summed E-state index contributed by atoms with van der Waals surface area (Å²) in [6.07, 6.45) is 3.46. The number of hydrogen-bond acceptors (Lipinski definition) is 1. The molecular weight excluding hydrogens is 256 g/mol. The van der Waals surface area contributed by atoms with Gasteiger partial charge in [0.15, 0.2) is 0 Å². The van der Waals surface area contributed by atoms with Gasteiger partial charge in [0.2, 0.25) is 0 Å². The molecule has 0 atom stereocenters. The van der Waals surface area contributed by atoms with Gasteiger partial charge in [-0.3, -0.25) is 0 Å². The third-order valence-corrected chi connectivity index (χ3v) is 3.94. The third kappa shape index (κ3) is 4.10. The molecule has 0 fully saturated rings. The Labute approximate surface area is 129 Å². The van der Waals surface area contributed by atoms with E-state index >= 15 is 0 Å². The van der Waals surface area contributed by atoms with Crippen LogP contribution in [0.4, 0.5) is 0 Å². The van der Waals surface area contributed by atoms with Gasteiger partial charge in [-0.25, -0.2) is 0 Å². The van der Waals surface area contributed by atoms with Crippen molar-refractivity contribution in [3.63, 3.8) is 0 Å². The minimum atomic E-state index is 0.146. The van der Waals surface area contributed by atoms with Gasteiger partial charge in [-0.05, 0) is 44.2 Å². The Hall–Kier alpha value is -1.28. The minimum absolute atomic E-state index is 0.146. The van der Waals surface area contributed by atoms with Crippen LogP contribution >= 0.6 is 0 Å². The topological polar surface area (TPSA) is 17.0 Å². The maximum atomic E-state index is 3.75. The van der Waals surface area contributed by atoms with Crippen molar-refractivity contribution >= 4 is 10.9 Å². The molecule has 116 valence electrons. The predicted molar refractivity (Wildman–Crippen MR) is 92.6 cm³/mol. The van der Waals surface area contributed by atoms with Crippen LogP contribution in [0, 0.1) is 5.41 Å². The van der Waals surface area contributed by atoms with Crippen LogP contribution in [0.2, 0.25) is 0 Å². The van der Waals surface area contributed by atoms with E-state index in [1.165, 1.54) is 16.5 Å². The lowest BCUT2D eigenvalue weighted by atomic mass is 9.82. The Morgan fingerprint density at radius 3 is 2.33 bits per heavy atom. The van der Waals surface area contributed by atoms with Gasteiger partial charge in [0, 0.05) is 35.7 Å². The molecule has 1 heterocycles. The lowest BCUT2D eigenvalue weighted by Gasteiger charge is -2.33. The number of nitrogens with zero attached hydrogens (tertiary/aromatic N) is 1. The molecule has 2 heteroatoms. The molecule has 0 spiro atoms. The van der Waals surface area contributed by atoms with E-state index in [9.17, 15) is 0 Å². The zero-order valence-corrected chi connectivity index (χ0v) is 14.5. The molecule has 0 radical (unpaired) electrons. The largest absolute Gasteiger partial charge is 0.347 e. The number of nitrogens with one attached hydrogen (secondary N) is 1. The molecule has 0 aliphatic carbocycles. The van der Waals surface area contributed by atoms with Gasteiger partial charge in [-0.1, -0.05) is 39.0 Å². The lowest BCUT2D eigenvalue weighted by Crippen LogP contribution is -2.41. The van der Waals surface area contributed by atoms with Gasteiger partial charge in [0.1, 0.15) is 0 Å². The minimum Gasteiger partial charge on any atom is -0.347 e. The average Bonchev–Trinajstić information content (AvgIpc) is 2.72. The summed E-state index contributed by atoms with van der Waals surface area (Å²) < 4.78 is 2.34. The summed E-state index contributed by atoms with van der Waals surface area (Å²) >= 11 is 0. The fourth-order valence-corrected chi connectivity index (χ4v) is 3.45. The maximum Gasteiger partial charge on any atom is 0.0483 e. The van der Waals surface area contributed by atoms with Crippen LogP contribution in [0.15, 0.2) is 30.5 Å². The van der Waals surface area contributed by atoms with E-state index in [2.05, 4.69) is 81.9 Å². The van der Waals surface area contributed by atoms with Crippen molar-refractivity contribution in [2.45, 2.75) is 66.6 Å². The highest BCUT2D eigenvalue weighted by Crippen LogP contribution is 2.28. The molecule has 2 nitrogen and oxygen atoms in total. The average molecular weight is 286 g/mol. The van der Waals surface area contributed by atoms with Crippen LogP contribution < -0.4 is 5.32 Å². The first-order valence-electron chi connectivity index (χ1n) is 8.04. The summed E-state index contributed by atoms with van der Waals surface area (Å²) in [4.78, 5) is 0. The molecule has 0 aliphatic heterocycles. The zero-order valence-electron chi connectivity index (χ0n) is 14.5. The van der Waals surface area contributed by atoms with Gasteiger partial charge in [0.25, 0.3) is 0 Å². The number of hydrogen-bond donors (Lipinski definition) is 1. The second-order valence-corrected chi connectivity index (χ2v) is 7.93. The van der Waals surface area contributed by atoms with Gasteiger partial charge in [-0.2, -0.15) is 0 Å². The standard InChI is InChI=1S/C19H30N2/c1-7-21-13-15(16-10-8-9-11-17(16)21)12-20-19(5,6)14-18(2,3)4/h8-11,13,20H,7,12,14H2,1-6H3. The second kappa shape index (κ2) is 5.84. The van der Waals surface area contributed by atoms with E-state index in [1.54, 1.807) is 0 Å². The zero-order chi connectivity index (χ0) is 15.7. The van der Waals surface area contributed by atoms with Crippen LogP contribution in [0.25, 0.3) is 10.9 Å². The summed E-state index contributed by atoms with van der Waals surface area (Å²) in [6.45, 7) is 15.7. The van der Waals surface area contributed by atoms with Crippen molar-refractivity contribution in [3.8, 4) is 0 Å². The lowest BCUT2D eigenvalue weighted by molar-refractivity contribution is 0.241. The highest BCUT2D eigenvalue weighted by molar-refractivity contribution is 5.83. The summed E-state index contributed by atoms with van der Waals surface area (Å²) in [5.41, 5.74) is 3.22. The number of rotatable bonds is 5. The molecule has 2 aromatic rings. The third-order valence-electron chi connectivity index (χ3n) is 3.94. The fraction of sp³-hybridized carbons (Fsp3) is 0.579. The summed E-state index contributed by atoms with van der Waals surface area (Å²) in [5.74, 6) is 0. The first-order chi connectivity index (χ1) is 9.72. The Balaban J connectivity index is 2.17. The van der Waals surface area contributed by atoms with Crippen LogP contribution in [0.5, 0.6) is 0 Å². The first kappa shape index (κ1) is 16.1. The van der Waals surface area contributed by atoms with Gasteiger partial charge in [0.05, 0.1) is 0 Å². The van der Waals surface area contributed by atoms with Gasteiger partial charge < -0.3 is 9.88 Å². The Kier molecular flexibility index (Phi) is 4.48. The molecular formula is C19H30N2. The molecule has 0 aliphatic rings. The first-order valence-corrected chi connectivity index (χ1v) is 8.04. The smallest absolute Gasteiger partial charge is 0.0483 e. The molecule has 0 saturated heterocycles. The number of aromatic nitrogens is 1. The Bertz CT molecular complexity index is 600. The van der Waals surface area contributed by atoms with Crippen molar-refractivity contribution in [1.82, 2.24) is 9.88 Å². The molecule has 0 amide bonds. The van der Waals surface area contributed by atoms with Crippen molar-refractivity contribution < 1.29 is 0 Å². The molecule has 21 heavy (non-hydrogen) atoms. The molecule has 1 N–H and O–H groups in total. The SMILES string of the molecule is CCn1cc(CNC(C)(C)CC(C)(C)C)c2ccccc21. The second-order valence-electron chi connectivity index (χ2n) is 7.93. The number of aryl methyl sites for hydroxylation is 1. The highest BCUT2D eigenvalue weighted by atomic mass is 15.0.